The number of carbonyl (C=O) groups is 1. The van der Waals surface area contributed by atoms with Crippen molar-refractivity contribution < 1.29 is 19.0 Å². The Morgan fingerprint density at radius 2 is 2.31 bits per heavy atom. The Hall–Kier alpha value is -2.12. The number of hydrogen-bond acceptors (Lipinski definition) is 4. The van der Waals surface area contributed by atoms with Crippen LogP contribution in [0.25, 0.3) is 0 Å². The van der Waals surface area contributed by atoms with Gasteiger partial charge in [0.15, 0.2) is 6.23 Å². The highest BCUT2D eigenvalue weighted by molar-refractivity contribution is 5.56. The van der Waals surface area contributed by atoms with E-state index in [1.807, 2.05) is 0 Å². The monoisotopic (exact) mass is 232 g/mol. The van der Waals surface area contributed by atoms with Gasteiger partial charge < -0.3 is 9.84 Å². The van der Waals surface area contributed by atoms with E-state index in [0.717, 1.165) is 0 Å². The molecular formula is C8H9FN2O5. The normalized spacial score (nSPS) is 12.1. The third-order valence-corrected chi connectivity index (χ3v) is 1.82. The molecule has 1 rings (SSSR count). The Bertz CT molecular complexity index is 506. The van der Waals surface area contributed by atoms with Crippen LogP contribution in [0.4, 0.5) is 9.18 Å². The molecule has 88 valence electrons. The van der Waals surface area contributed by atoms with E-state index >= 15 is 0 Å². The van der Waals surface area contributed by atoms with Crippen molar-refractivity contribution in [2.45, 2.75) is 19.6 Å². The minimum Gasteiger partial charge on any atom is -0.450 e. The van der Waals surface area contributed by atoms with Crippen molar-refractivity contribution in [3.63, 3.8) is 0 Å². The van der Waals surface area contributed by atoms with Crippen LogP contribution in [0.1, 0.15) is 19.6 Å². The first-order valence-electron chi connectivity index (χ1n) is 4.36. The SMILES string of the molecule is CCC(OC(=O)O)n1cc(F)c(=O)[nH]c1=O. The molecule has 1 unspecified atom stereocenters. The number of hydrogen-bond donors (Lipinski definition) is 2. The van der Waals surface area contributed by atoms with E-state index in [1.54, 1.807) is 11.9 Å². The summed E-state index contributed by atoms with van der Waals surface area (Å²) in [4.78, 5) is 34.0. The van der Waals surface area contributed by atoms with Crippen molar-refractivity contribution >= 4 is 6.16 Å². The van der Waals surface area contributed by atoms with E-state index in [1.165, 1.54) is 0 Å². The van der Waals surface area contributed by atoms with Crippen LogP contribution in [0.5, 0.6) is 0 Å². The van der Waals surface area contributed by atoms with Gasteiger partial charge in [-0.25, -0.2) is 9.59 Å². The highest BCUT2D eigenvalue weighted by atomic mass is 19.1. The van der Waals surface area contributed by atoms with Crippen LogP contribution in [0.2, 0.25) is 0 Å². The fourth-order valence-corrected chi connectivity index (χ4v) is 1.13. The molecule has 2 N–H and O–H groups in total. The lowest BCUT2D eigenvalue weighted by Gasteiger charge is -2.15. The second-order valence-corrected chi connectivity index (χ2v) is 2.89. The minimum absolute atomic E-state index is 0.123. The maximum Gasteiger partial charge on any atom is 0.507 e. The predicted octanol–water partition coefficient (Wildman–Crippen LogP) is 0.279. The van der Waals surface area contributed by atoms with Crippen LogP contribution in [-0.2, 0) is 4.74 Å². The average Bonchev–Trinajstić information content (AvgIpc) is 2.20. The number of ether oxygens (including phenoxy) is 1. The van der Waals surface area contributed by atoms with Gasteiger partial charge in [0.1, 0.15) is 0 Å². The number of halogens is 1. The molecule has 7 nitrogen and oxygen atoms in total. The van der Waals surface area contributed by atoms with Gasteiger partial charge in [-0.15, -0.1) is 0 Å². The summed E-state index contributed by atoms with van der Waals surface area (Å²) < 4.78 is 17.9. The standard InChI is InChI=1S/C8H9FN2O5/c1-2-5(16-8(14)15)11-3-4(9)6(12)10-7(11)13/h3,5H,2H2,1H3,(H,14,15)(H,10,12,13). The molecule has 0 saturated carbocycles. The molecule has 0 aliphatic heterocycles. The van der Waals surface area contributed by atoms with Crippen LogP contribution >= 0.6 is 0 Å². The van der Waals surface area contributed by atoms with Gasteiger partial charge in [0.25, 0.3) is 5.56 Å². The Morgan fingerprint density at radius 3 is 2.81 bits per heavy atom. The Kier molecular flexibility index (Phi) is 3.44. The van der Waals surface area contributed by atoms with Crippen molar-refractivity contribution in [2.24, 2.45) is 0 Å². The van der Waals surface area contributed by atoms with Crippen LogP contribution in [0.3, 0.4) is 0 Å². The molecule has 0 bridgehead atoms. The summed E-state index contributed by atoms with van der Waals surface area (Å²) in [5.41, 5.74) is -2.09. The molecule has 1 atom stereocenters. The van der Waals surface area contributed by atoms with Gasteiger partial charge >= 0.3 is 11.8 Å². The second kappa shape index (κ2) is 4.60. The molecule has 8 heteroatoms. The van der Waals surface area contributed by atoms with E-state index in [0.29, 0.717) is 10.8 Å². The van der Waals surface area contributed by atoms with Crippen molar-refractivity contribution in [3.05, 3.63) is 32.9 Å². The largest absolute Gasteiger partial charge is 0.507 e. The highest BCUT2D eigenvalue weighted by Crippen LogP contribution is 2.09. The third-order valence-electron chi connectivity index (χ3n) is 1.82. The zero-order valence-corrected chi connectivity index (χ0v) is 8.27. The second-order valence-electron chi connectivity index (χ2n) is 2.89. The molecule has 0 aliphatic carbocycles. The van der Waals surface area contributed by atoms with E-state index in [4.69, 9.17) is 5.11 Å². The lowest BCUT2D eigenvalue weighted by atomic mass is 10.4. The van der Waals surface area contributed by atoms with E-state index in [-0.39, 0.29) is 6.42 Å². The number of nitrogens with one attached hydrogen (secondary N) is 1. The maximum atomic E-state index is 12.9. The first-order chi connectivity index (χ1) is 7.45. The Morgan fingerprint density at radius 1 is 1.69 bits per heavy atom. The smallest absolute Gasteiger partial charge is 0.450 e. The summed E-state index contributed by atoms with van der Waals surface area (Å²) in [6.07, 6.45) is -2.03. The molecular weight excluding hydrogens is 223 g/mol. The summed E-state index contributed by atoms with van der Waals surface area (Å²) >= 11 is 0. The van der Waals surface area contributed by atoms with Gasteiger partial charge in [-0.2, -0.15) is 4.39 Å². The first kappa shape index (κ1) is 12.0. The van der Waals surface area contributed by atoms with E-state index in [2.05, 4.69) is 4.74 Å². The summed E-state index contributed by atoms with van der Waals surface area (Å²) in [7, 11) is 0. The minimum atomic E-state index is -1.59. The van der Waals surface area contributed by atoms with Gasteiger partial charge in [-0.1, -0.05) is 6.92 Å². The maximum absolute atomic E-state index is 12.9. The lowest BCUT2D eigenvalue weighted by molar-refractivity contribution is 0.0131. The van der Waals surface area contributed by atoms with E-state index < -0.39 is 29.4 Å². The van der Waals surface area contributed by atoms with Crippen molar-refractivity contribution in [1.29, 1.82) is 0 Å². The molecule has 0 fully saturated rings. The quantitative estimate of drug-likeness (QED) is 0.729. The molecule has 16 heavy (non-hydrogen) atoms. The van der Waals surface area contributed by atoms with E-state index in [9.17, 15) is 18.8 Å². The van der Waals surface area contributed by atoms with Crippen LogP contribution in [-0.4, -0.2) is 20.8 Å². The fourth-order valence-electron chi connectivity index (χ4n) is 1.13. The zero-order valence-electron chi connectivity index (χ0n) is 8.27. The average molecular weight is 232 g/mol. The number of nitrogens with zero attached hydrogens (tertiary/aromatic N) is 1. The number of H-pyrrole nitrogens is 1. The van der Waals surface area contributed by atoms with Gasteiger partial charge in [-0.05, 0) is 0 Å². The summed E-state index contributed by atoms with van der Waals surface area (Å²) in [5, 5.41) is 8.39. The molecule has 0 radical (unpaired) electrons. The summed E-state index contributed by atoms with van der Waals surface area (Å²) in [6, 6.07) is 0. The number of aromatic nitrogens is 2. The van der Waals surface area contributed by atoms with Gasteiger partial charge in [0.2, 0.25) is 5.82 Å². The molecule has 1 aromatic rings. The molecule has 1 heterocycles. The van der Waals surface area contributed by atoms with Crippen LogP contribution in [0.15, 0.2) is 15.8 Å². The third kappa shape index (κ3) is 2.47. The van der Waals surface area contributed by atoms with Crippen molar-refractivity contribution in [3.8, 4) is 0 Å². The van der Waals surface area contributed by atoms with Crippen LogP contribution < -0.4 is 11.2 Å². The molecule has 0 spiro atoms. The predicted molar refractivity (Wildman–Crippen MR) is 49.7 cm³/mol. The molecule has 0 saturated heterocycles. The Labute approximate surface area is 88.1 Å². The van der Waals surface area contributed by atoms with Crippen molar-refractivity contribution in [1.82, 2.24) is 9.55 Å². The number of rotatable bonds is 3. The van der Waals surface area contributed by atoms with Crippen LogP contribution in [0, 0.1) is 5.82 Å². The highest BCUT2D eigenvalue weighted by Gasteiger charge is 2.16. The van der Waals surface area contributed by atoms with Gasteiger partial charge in [-0.3, -0.25) is 14.3 Å². The topological polar surface area (TPSA) is 101 Å². The lowest BCUT2D eigenvalue weighted by Crippen LogP contribution is -2.35. The fraction of sp³-hybridized carbons (Fsp3) is 0.375. The molecule has 0 amide bonds. The van der Waals surface area contributed by atoms with Gasteiger partial charge in [0.05, 0.1) is 6.20 Å². The summed E-state index contributed by atoms with van der Waals surface area (Å²) in [6.45, 7) is 1.54. The summed E-state index contributed by atoms with van der Waals surface area (Å²) in [5.74, 6) is -1.19. The first-order valence-corrected chi connectivity index (χ1v) is 4.36. The zero-order chi connectivity index (χ0) is 12.3. The number of aromatic amines is 1. The Balaban J connectivity index is 3.20. The molecule has 0 aliphatic rings. The van der Waals surface area contributed by atoms with Gasteiger partial charge in [0, 0.05) is 6.42 Å². The number of carboxylic acid groups (broad SMARTS) is 1. The molecule has 1 aromatic heterocycles. The van der Waals surface area contributed by atoms with Crippen molar-refractivity contribution in [2.75, 3.05) is 0 Å². The molecule has 0 aromatic carbocycles.